The molecule has 0 fully saturated rings. The number of rotatable bonds is 7. The molecule has 0 spiro atoms. The van der Waals surface area contributed by atoms with Crippen LogP contribution >= 0.6 is 0 Å². The Labute approximate surface area is 137 Å². The molecule has 0 saturated heterocycles. The summed E-state index contributed by atoms with van der Waals surface area (Å²) in [6.45, 7) is 5.78. The zero-order valence-corrected chi connectivity index (χ0v) is 14.5. The van der Waals surface area contributed by atoms with Crippen LogP contribution in [-0.2, 0) is 19.1 Å². The van der Waals surface area contributed by atoms with Crippen molar-refractivity contribution in [3.8, 4) is 0 Å². The van der Waals surface area contributed by atoms with E-state index in [1.807, 2.05) is 32.0 Å². The second kappa shape index (κ2) is 9.08. The number of esters is 2. The van der Waals surface area contributed by atoms with Crippen molar-refractivity contribution in [2.75, 3.05) is 14.2 Å². The number of aliphatic imine (C=N–C) groups is 1. The Kier molecular flexibility index (Phi) is 7.45. The largest absolute Gasteiger partial charge is 0.469 e. The number of carbonyl (C=O) groups is 2. The molecule has 5 heteroatoms. The average Bonchev–Trinajstić information content (AvgIpc) is 2.54. The average molecular weight is 319 g/mol. The molecule has 1 atom stereocenters. The van der Waals surface area contributed by atoms with Crippen molar-refractivity contribution in [3.05, 3.63) is 29.3 Å². The van der Waals surface area contributed by atoms with Gasteiger partial charge < -0.3 is 9.47 Å². The van der Waals surface area contributed by atoms with Crippen molar-refractivity contribution < 1.29 is 19.1 Å². The van der Waals surface area contributed by atoms with Crippen molar-refractivity contribution in [2.45, 2.75) is 40.0 Å². The van der Waals surface area contributed by atoms with E-state index >= 15 is 0 Å². The Morgan fingerprint density at radius 1 is 1.09 bits per heavy atom. The third-order valence-corrected chi connectivity index (χ3v) is 3.70. The fourth-order valence-corrected chi connectivity index (χ4v) is 2.33. The lowest BCUT2D eigenvalue weighted by molar-refractivity contribution is -0.144. The number of nitrogens with zero attached hydrogens (tertiary/aromatic N) is 1. The van der Waals surface area contributed by atoms with Crippen LogP contribution in [0.2, 0.25) is 0 Å². The monoisotopic (exact) mass is 319 g/mol. The maximum atomic E-state index is 11.7. The number of hydrogen-bond acceptors (Lipinski definition) is 5. The van der Waals surface area contributed by atoms with E-state index in [-0.39, 0.29) is 24.3 Å². The van der Waals surface area contributed by atoms with E-state index in [2.05, 4.69) is 4.74 Å². The van der Waals surface area contributed by atoms with E-state index in [9.17, 15) is 9.59 Å². The molecule has 0 saturated carbocycles. The Balaban J connectivity index is 3.04. The van der Waals surface area contributed by atoms with Gasteiger partial charge in [-0.3, -0.25) is 14.6 Å². The van der Waals surface area contributed by atoms with Gasteiger partial charge in [0.1, 0.15) is 0 Å². The van der Waals surface area contributed by atoms with Gasteiger partial charge in [0.15, 0.2) is 0 Å². The van der Waals surface area contributed by atoms with Gasteiger partial charge in [0.2, 0.25) is 0 Å². The summed E-state index contributed by atoms with van der Waals surface area (Å²) >= 11 is 0. The van der Waals surface area contributed by atoms with Crippen molar-refractivity contribution in [1.29, 1.82) is 0 Å². The molecule has 0 aliphatic rings. The SMILES string of the molecule is COC(=O)CCC(CC(C)C(=O)OC)=Nc1c(C)cccc1C. The number of hydrogen-bond donors (Lipinski definition) is 0. The summed E-state index contributed by atoms with van der Waals surface area (Å²) in [5.41, 5.74) is 3.81. The van der Waals surface area contributed by atoms with Crippen LogP contribution in [0, 0.1) is 19.8 Å². The molecule has 1 aromatic rings. The maximum absolute atomic E-state index is 11.7. The lowest BCUT2D eigenvalue weighted by atomic mass is 10.0. The molecule has 0 aliphatic carbocycles. The summed E-state index contributed by atoms with van der Waals surface area (Å²) in [5, 5.41) is 0. The molecule has 1 unspecified atom stereocenters. The second-order valence-corrected chi connectivity index (χ2v) is 5.62. The normalized spacial score (nSPS) is 12.7. The molecule has 23 heavy (non-hydrogen) atoms. The summed E-state index contributed by atoms with van der Waals surface area (Å²) in [6.07, 6.45) is 1.16. The first-order chi connectivity index (χ1) is 10.9. The van der Waals surface area contributed by atoms with Gasteiger partial charge in [0.05, 0.1) is 32.2 Å². The summed E-state index contributed by atoms with van der Waals surface area (Å²) in [6, 6.07) is 5.97. The first kappa shape index (κ1) is 18.9. The maximum Gasteiger partial charge on any atom is 0.308 e. The topological polar surface area (TPSA) is 65.0 Å². The Hall–Kier alpha value is -2.17. The van der Waals surface area contributed by atoms with Gasteiger partial charge in [-0.05, 0) is 37.8 Å². The van der Waals surface area contributed by atoms with Gasteiger partial charge in [0, 0.05) is 5.71 Å². The number of benzene rings is 1. The molecule has 1 rings (SSSR count). The first-order valence-electron chi connectivity index (χ1n) is 7.66. The molecule has 0 heterocycles. The van der Waals surface area contributed by atoms with Crippen molar-refractivity contribution in [3.63, 3.8) is 0 Å². The molecule has 1 aromatic carbocycles. The molecule has 0 radical (unpaired) electrons. The summed E-state index contributed by atoms with van der Waals surface area (Å²) in [4.78, 5) is 27.8. The van der Waals surface area contributed by atoms with E-state index in [1.54, 1.807) is 6.92 Å². The van der Waals surface area contributed by atoms with Crippen LogP contribution in [0.15, 0.2) is 23.2 Å². The van der Waals surface area contributed by atoms with Crippen LogP contribution < -0.4 is 0 Å². The molecule has 0 amide bonds. The zero-order valence-electron chi connectivity index (χ0n) is 14.5. The van der Waals surface area contributed by atoms with Crippen LogP contribution in [0.1, 0.15) is 37.3 Å². The highest BCUT2D eigenvalue weighted by Gasteiger charge is 2.17. The first-order valence-corrected chi connectivity index (χ1v) is 7.66. The third-order valence-electron chi connectivity index (χ3n) is 3.70. The molecule has 126 valence electrons. The predicted molar refractivity (Wildman–Crippen MR) is 90.1 cm³/mol. The zero-order chi connectivity index (χ0) is 17.4. The quantitative estimate of drug-likeness (QED) is 0.569. The van der Waals surface area contributed by atoms with Crippen LogP contribution in [-0.4, -0.2) is 31.9 Å². The van der Waals surface area contributed by atoms with Gasteiger partial charge in [-0.2, -0.15) is 0 Å². The Bertz CT molecular complexity index is 572. The van der Waals surface area contributed by atoms with Crippen LogP contribution in [0.5, 0.6) is 0 Å². The third kappa shape index (κ3) is 5.85. The van der Waals surface area contributed by atoms with E-state index in [4.69, 9.17) is 9.73 Å². The number of ether oxygens (including phenoxy) is 2. The number of methoxy groups -OCH3 is 2. The number of para-hydroxylation sites is 1. The fraction of sp³-hybridized carbons (Fsp3) is 0.500. The lowest BCUT2D eigenvalue weighted by Crippen LogP contribution is -2.17. The minimum absolute atomic E-state index is 0.244. The Morgan fingerprint density at radius 3 is 2.22 bits per heavy atom. The minimum Gasteiger partial charge on any atom is -0.469 e. The van der Waals surface area contributed by atoms with E-state index in [0.29, 0.717) is 12.8 Å². The van der Waals surface area contributed by atoms with Crippen molar-refractivity contribution in [1.82, 2.24) is 0 Å². The second-order valence-electron chi connectivity index (χ2n) is 5.62. The number of aryl methyl sites for hydroxylation is 2. The Morgan fingerprint density at radius 2 is 1.70 bits per heavy atom. The smallest absolute Gasteiger partial charge is 0.308 e. The van der Waals surface area contributed by atoms with E-state index in [1.165, 1.54) is 14.2 Å². The molecular formula is C18H25NO4. The molecule has 5 nitrogen and oxygen atoms in total. The predicted octanol–water partition coefficient (Wildman–Crippen LogP) is 3.53. The molecule has 0 aromatic heterocycles. The van der Waals surface area contributed by atoms with Gasteiger partial charge in [-0.15, -0.1) is 0 Å². The van der Waals surface area contributed by atoms with E-state index < -0.39 is 0 Å². The standard InChI is InChI=1S/C18H25NO4/c1-12-7-6-8-13(2)17(12)19-15(9-10-16(20)22-4)11-14(3)18(21)23-5/h6-8,14H,9-11H2,1-5H3. The van der Waals surface area contributed by atoms with Crippen molar-refractivity contribution >= 4 is 23.3 Å². The van der Waals surface area contributed by atoms with Gasteiger partial charge in [-0.25, -0.2) is 0 Å². The highest BCUT2D eigenvalue weighted by Crippen LogP contribution is 2.25. The van der Waals surface area contributed by atoms with Crippen LogP contribution in [0.3, 0.4) is 0 Å². The van der Waals surface area contributed by atoms with E-state index in [0.717, 1.165) is 22.5 Å². The minimum atomic E-state index is -0.305. The molecule has 0 N–H and O–H groups in total. The fourth-order valence-electron chi connectivity index (χ4n) is 2.33. The van der Waals surface area contributed by atoms with Gasteiger partial charge in [0.25, 0.3) is 0 Å². The highest BCUT2D eigenvalue weighted by molar-refractivity contribution is 5.92. The van der Waals surface area contributed by atoms with Crippen LogP contribution in [0.4, 0.5) is 5.69 Å². The molecular weight excluding hydrogens is 294 g/mol. The summed E-state index contributed by atoms with van der Waals surface area (Å²) < 4.78 is 9.46. The molecule has 0 bridgehead atoms. The van der Waals surface area contributed by atoms with Gasteiger partial charge in [-0.1, -0.05) is 25.1 Å². The molecule has 0 aliphatic heterocycles. The van der Waals surface area contributed by atoms with Crippen molar-refractivity contribution in [2.24, 2.45) is 10.9 Å². The summed E-state index contributed by atoms with van der Waals surface area (Å²) in [7, 11) is 2.73. The highest BCUT2D eigenvalue weighted by atomic mass is 16.5. The van der Waals surface area contributed by atoms with Crippen LogP contribution in [0.25, 0.3) is 0 Å². The number of carbonyl (C=O) groups excluding carboxylic acids is 2. The van der Waals surface area contributed by atoms with Gasteiger partial charge >= 0.3 is 11.9 Å². The lowest BCUT2D eigenvalue weighted by Gasteiger charge is -2.13. The summed E-state index contributed by atoms with van der Waals surface area (Å²) in [5.74, 6) is -0.872.